The van der Waals surface area contributed by atoms with E-state index in [-0.39, 0.29) is 41.5 Å². The van der Waals surface area contributed by atoms with Gasteiger partial charge >= 0.3 is 6.18 Å². The molecule has 1 N–H and O–H groups in total. The van der Waals surface area contributed by atoms with E-state index in [1.165, 1.54) is 24.3 Å². The average molecular weight is 578 g/mol. The Bertz CT molecular complexity index is 1370. The Morgan fingerprint density at radius 2 is 1.71 bits per heavy atom. The molecule has 3 aromatic carbocycles. The zero-order valence-corrected chi connectivity index (χ0v) is 21.8. The van der Waals surface area contributed by atoms with E-state index in [9.17, 15) is 35.5 Å². The van der Waals surface area contributed by atoms with Crippen molar-refractivity contribution in [1.29, 1.82) is 0 Å². The summed E-state index contributed by atoms with van der Waals surface area (Å²) in [6, 6.07) is 11.4. The number of ether oxygens (including phenoxy) is 1. The molecule has 0 aromatic heterocycles. The molecule has 0 aliphatic carbocycles. The van der Waals surface area contributed by atoms with Crippen LogP contribution in [-0.4, -0.2) is 37.8 Å². The van der Waals surface area contributed by atoms with Gasteiger partial charge in [-0.15, -0.1) is 0 Å². The zero-order valence-electron chi connectivity index (χ0n) is 20.2. The van der Waals surface area contributed by atoms with E-state index in [4.69, 9.17) is 16.3 Å². The summed E-state index contributed by atoms with van der Waals surface area (Å²) in [6.45, 7) is -0.147. The van der Waals surface area contributed by atoms with Crippen LogP contribution >= 0.6 is 11.6 Å². The Morgan fingerprint density at radius 1 is 1.03 bits per heavy atom. The number of alkyl halides is 3. The van der Waals surface area contributed by atoms with Crippen LogP contribution in [0.15, 0.2) is 59.5 Å². The second kappa shape index (κ2) is 12.4. The molecule has 0 unspecified atom stereocenters. The normalized spacial score (nSPS) is 12.2. The van der Waals surface area contributed by atoms with Gasteiger partial charge in [-0.2, -0.15) is 13.2 Å². The molecule has 0 bridgehead atoms. The lowest BCUT2D eigenvalue weighted by atomic mass is 10.1. The van der Waals surface area contributed by atoms with Crippen LogP contribution in [0, 0.1) is 11.6 Å². The van der Waals surface area contributed by atoms with Crippen LogP contribution in [-0.2, 0) is 35.7 Å². The quantitative estimate of drug-likeness (QED) is 0.224. The molecule has 206 valence electrons. The first-order valence-electron chi connectivity index (χ1n) is 11.4. The molecular formula is C26H25ClF5NO4S. The highest BCUT2D eigenvalue weighted by Crippen LogP contribution is 2.36. The van der Waals surface area contributed by atoms with Crippen molar-refractivity contribution in [3.8, 4) is 5.75 Å². The topological polar surface area (TPSA) is 66.8 Å². The molecule has 38 heavy (non-hydrogen) atoms. The number of hydrogen-bond acceptors (Lipinski definition) is 5. The molecule has 0 aliphatic heterocycles. The minimum Gasteiger partial charge on any atom is -0.493 e. The maximum absolute atomic E-state index is 14.3. The van der Waals surface area contributed by atoms with Crippen LogP contribution in [0.1, 0.15) is 28.7 Å². The Hall–Kier alpha value is -2.73. The fourth-order valence-electron chi connectivity index (χ4n) is 3.86. The third-order valence-corrected chi connectivity index (χ3v) is 7.28. The molecule has 0 fully saturated rings. The van der Waals surface area contributed by atoms with Gasteiger partial charge in [0.15, 0.2) is 9.84 Å². The number of benzene rings is 3. The number of rotatable bonds is 11. The van der Waals surface area contributed by atoms with Gasteiger partial charge in [0.1, 0.15) is 17.4 Å². The third-order valence-electron chi connectivity index (χ3n) is 5.67. The summed E-state index contributed by atoms with van der Waals surface area (Å²) in [5, 5.41) is 8.91. The lowest BCUT2D eigenvalue weighted by Crippen LogP contribution is -2.26. The summed E-state index contributed by atoms with van der Waals surface area (Å²) in [6.07, 6.45) is -3.40. The van der Waals surface area contributed by atoms with E-state index in [2.05, 4.69) is 0 Å². The van der Waals surface area contributed by atoms with Crippen LogP contribution in [0.3, 0.4) is 0 Å². The molecule has 3 rings (SSSR count). The highest BCUT2D eigenvalue weighted by Gasteiger charge is 2.34. The van der Waals surface area contributed by atoms with Crippen LogP contribution in [0.25, 0.3) is 0 Å². The van der Waals surface area contributed by atoms with Gasteiger partial charge in [0.05, 0.1) is 28.7 Å². The fourth-order valence-corrected chi connectivity index (χ4v) is 5.09. The van der Waals surface area contributed by atoms with E-state index in [0.717, 1.165) is 30.0 Å². The minimum atomic E-state index is -4.62. The molecule has 0 heterocycles. The first kappa shape index (κ1) is 29.8. The molecule has 0 saturated carbocycles. The van der Waals surface area contributed by atoms with E-state index in [0.29, 0.717) is 13.0 Å². The Morgan fingerprint density at radius 3 is 2.32 bits per heavy atom. The Kier molecular flexibility index (Phi) is 9.74. The van der Waals surface area contributed by atoms with Gasteiger partial charge in [0, 0.05) is 37.5 Å². The Labute approximate surface area is 222 Å². The van der Waals surface area contributed by atoms with Crippen molar-refractivity contribution in [1.82, 2.24) is 4.90 Å². The van der Waals surface area contributed by atoms with Gasteiger partial charge in [0.2, 0.25) is 0 Å². The maximum atomic E-state index is 14.3. The summed E-state index contributed by atoms with van der Waals surface area (Å²) in [5.74, 6) is -1.41. The van der Waals surface area contributed by atoms with Crippen molar-refractivity contribution < 1.29 is 40.2 Å². The predicted molar refractivity (Wildman–Crippen MR) is 133 cm³/mol. The zero-order chi connectivity index (χ0) is 28.1. The second-order valence-electron chi connectivity index (χ2n) is 8.63. The molecule has 12 heteroatoms. The molecule has 0 saturated heterocycles. The number of nitrogens with zero attached hydrogens (tertiary/aromatic N) is 1. The predicted octanol–water partition coefficient (Wildman–Crippen LogP) is 6.00. The van der Waals surface area contributed by atoms with Gasteiger partial charge in [-0.05, 0) is 41.8 Å². The van der Waals surface area contributed by atoms with Gasteiger partial charge < -0.3 is 9.84 Å². The number of aliphatic hydroxyl groups is 1. The van der Waals surface area contributed by atoms with Crippen LogP contribution in [0.2, 0.25) is 5.02 Å². The van der Waals surface area contributed by atoms with Gasteiger partial charge in [-0.1, -0.05) is 35.9 Å². The van der Waals surface area contributed by atoms with Gasteiger partial charge in [-0.25, -0.2) is 17.2 Å². The fraction of sp³-hybridized carbons (Fsp3) is 0.308. The molecule has 0 radical (unpaired) electrons. The maximum Gasteiger partial charge on any atom is 0.417 e. The summed E-state index contributed by atoms with van der Waals surface area (Å²) in [7, 11) is -3.83. The molecule has 0 amide bonds. The van der Waals surface area contributed by atoms with Crippen molar-refractivity contribution >= 4 is 21.4 Å². The molecule has 5 nitrogen and oxygen atoms in total. The highest BCUT2D eigenvalue weighted by molar-refractivity contribution is 7.90. The van der Waals surface area contributed by atoms with Crippen molar-refractivity contribution in [3.63, 3.8) is 0 Å². The second-order valence-corrected chi connectivity index (χ2v) is 11.0. The highest BCUT2D eigenvalue weighted by atomic mass is 35.5. The van der Waals surface area contributed by atoms with Crippen LogP contribution < -0.4 is 4.74 Å². The molecule has 0 aliphatic rings. The monoisotopic (exact) mass is 577 g/mol. The van der Waals surface area contributed by atoms with Crippen molar-refractivity contribution in [3.05, 3.63) is 93.5 Å². The van der Waals surface area contributed by atoms with Crippen LogP contribution in [0.4, 0.5) is 22.0 Å². The molecule has 0 atom stereocenters. The molecule has 3 aromatic rings. The van der Waals surface area contributed by atoms with Crippen molar-refractivity contribution in [2.75, 3.05) is 19.4 Å². The molecule has 0 spiro atoms. The number of hydrogen-bond donors (Lipinski definition) is 1. The summed E-state index contributed by atoms with van der Waals surface area (Å²) >= 11 is 6.07. The largest absolute Gasteiger partial charge is 0.493 e. The van der Waals surface area contributed by atoms with E-state index < -0.39 is 44.8 Å². The molecular weight excluding hydrogens is 553 g/mol. The van der Waals surface area contributed by atoms with Crippen molar-refractivity contribution in [2.45, 2.75) is 37.2 Å². The average Bonchev–Trinajstić information content (AvgIpc) is 2.82. The summed E-state index contributed by atoms with van der Waals surface area (Å²) in [4.78, 5) is 1.42. The third kappa shape index (κ3) is 7.89. The number of sulfone groups is 1. The first-order chi connectivity index (χ1) is 17.8. The standard InChI is InChI=1S/C26H25ClF5NO4S/c1-38(35,36)24-13-20(12-23(29)21(24)16-34)37-11-3-10-33(14-17-6-8-19(28)9-7-17)15-18-4-2-5-22(25(18)27)26(30,31)32/h2,4-9,12-13,34H,3,10-11,14-16H2,1H3. The number of halogens is 6. The lowest BCUT2D eigenvalue weighted by molar-refractivity contribution is -0.137. The lowest BCUT2D eigenvalue weighted by Gasteiger charge is -2.24. The van der Waals surface area contributed by atoms with E-state index in [1.54, 1.807) is 17.0 Å². The minimum absolute atomic E-state index is 0.0252. The smallest absolute Gasteiger partial charge is 0.417 e. The van der Waals surface area contributed by atoms with E-state index >= 15 is 0 Å². The van der Waals surface area contributed by atoms with Gasteiger partial charge in [-0.3, -0.25) is 4.90 Å². The number of aliphatic hydroxyl groups excluding tert-OH is 1. The SMILES string of the molecule is CS(=O)(=O)c1cc(OCCCN(Cc2ccc(F)cc2)Cc2cccc(C(F)(F)F)c2Cl)cc(F)c1CO. The van der Waals surface area contributed by atoms with Crippen molar-refractivity contribution in [2.24, 2.45) is 0 Å². The summed E-state index contributed by atoms with van der Waals surface area (Å²) in [5.41, 5.74) is -0.334. The van der Waals surface area contributed by atoms with Crippen LogP contribution in [0.5, 0.6) is 5.75 Å². The summed E-state index contributed by atoms with van der Waals surface area (Å²) < 4.78 is 97.1. The van der Waals surface area contributed by atoms with E-state index in [1.807, 2.05) is 0 Å². The van der Waals surface area contributed by atoms with Gasteiger partial charge in [0.25, 0.3) is 0 Å². The Balaban J connectivity index is 1.75. The first-order valence-corrected chi connectivity index (χ1v) is 13.6.